The molecular weight excluding hydrogens is 202 g/mol. The van der Waals surface area contributed by atoms with Gasteiger partial charge in [0.2, 0.25) is 0 Å². The number of hydrogen-bond acceptors (Lipinski definition) is 2. The van der Waals surface area contributed by atoms with Crippen LogP contribution < -0.4 is 5.73 Å². The molecule has 3 heteroatoms. The minimum Gasteiger partial charge on any atom is -0.399 e. The molecule has 72 valence electrons. The van der Waals surface area contributed by atoms with Crippen molar-refractivity contribution in [3.63, 3.8) is 0 Å². The highest BCUT2D eigenvalue weighted by Crippen LogP contribution is 2.19. The summed E-state index contributed by atoms with van der Waals surface area (Å²) in [4.78, 5) is 0. The molecule has 0 heterocycles. The van der Waals surface area contributed by atoms with Gasteiger partial charge in [0.1, 0.15) is 0 Å². The summed E-state index contributed by atoms with van der Waals surface area (Å²) in [6, 6.07) is 5.65. The number of halogens is 1. The lowest BCUT2D eigenvalue weighted by atomic mass is 10.1. The fraction of sp³-hybridized carbons (Fsp3) is 0.400. The van der Waals surface area contributed by atoms with E-state index < -0.39 is 0 Å². The summed E-state index contributed by atoms with van der Waals surface area (Å²) in [6.07, 6.45) is 1.00. The van der Waals surface area contributed by atoms with Crippen molar-refractivity contribution in [1.29, 1.82) is 0 Å². The largest absolute Gasteiger partial charge is 0.399 e. The molecule has 0 radical (unpaired) electrons. The van der Waals surface area contributed by atoms with Crippen molar-refractivity contribution in [3.05, 3.63) is 28.8 Å². The fourth-order valence-corrected chi connectivity index (χ4v) is 1.96. The Morgan fingerprint density at radius 2 is 2.23 bits per heavy atom. The molecule has 0 aliphatic rings. The molecule has 1 aromatic carbocycles. The number of nitrogens with two attached hydrogens (primary N) is 1. The minimum atomic E-state index is 0.769. The maximum atomic E-state index is 5.87. The number of anilines is 1. The Bertz CT molecular complexity index is 276. The van der Waals surface area contributed by atoms with E-state index in [1.54, 1.807) is 0 Å². The third-order valence-corrected chi connectivity index (χ3v) is 2.96. The van der Waals surface area contributed by atoms with E-state index in [9.17, 15) is 0 Å². The Balaban J connectivity index is 2.59. The monoisotopic (exact) mass is 215 g/mol. The Kier molecular flexibility index (Phi) is 4.46. The maximum absolute atomic E-state index is 5.87. The van der Waals surface area contributed by atoms with Crippen LogP contribution >= 0.6 is 23.4 Å². The van der Waals surface area contributed by atoms with Gasteiger partial charge in [-0.15, -0.1) is 0 Å². The predicted molar refractivity (Wildman–Crippen MR) is 62.6 cm³/mol. The van der Waals surface area contributed by atoms with E-state index >= 15 is 0 Å². The second-order valence-electron chi connectivity index (χ2n) is 2.79. The second kappa shape index (κ2) is 5.40. The smallest absolute Gasteiger partial charge is 0.0410 e. The van der Waals surface area contributed by atoms with Crippen molar-refractivity contribution in [1.82, 2.24) is 0 Å². The van der Waals surface area contributed by atoms with Crippen molar-refractivity contribution in [3.8, 4) is 0 Å². The molecule has 0 fully saturated rings. The molecule has 0 spiro atoms. The molecule has 2 N–H and O–H groups in total. The van der Waals surface area contributed by atoms with Gasteiger partial charge in [0.05, 0.1) is 0 Å². The summed E-state index contributed by atoms with van der Waals surface area (Å²) in [5.74, 6) is 2.27. The number of nitrogen functional groups attached to an aromatic ring is 1. The molecule has 0 saturated carbocycles. The van der Waals surface area contributed by atoms with E-state index in [4.69, 9.17) is 17.3 Å². The van der Waals surface area contributed by atoms with Crippen LogP contribution in [0.4, 0.5) is 5.69 Å². The van der Waals surface area contributed by atoms with Crippen molar-refractivity contribution < 1.29 is 0 Å². The average molecular weight is 216 g/mol. The third-order valence-electron chi connectivity index (χ3n) is 1.82. The lowest BCUT2D eigenvalue weighted by molar-refractivity contribution is 1.16. The lowest BCUT2D eigenvalue weighted by Crippen LogP contribution is -1.96. The number of aryl methyl sites for hydroxylation is 1. The van der Waals surface area contributed by atoms with Crippen LogP contribution in [0.1, 0.15) is 12.5 Å². The number of hydrogen-bond donors (Lipinski definition) is 1. The fourth-order valence-electron chi connectivity index (χ4n) is 1.12. The molecule has 0 amide bonds. The molecule has 1 aromatic rings. The van der Waals surface area contributed by atoms with E-state index in [1.165, 1.54) is 0 Å². The van der Waals surface area contributed by atoms with Crippen LogP contribution in [0.15, 0.2) is 18.2 Å². The van der Waals surface area contributed by atoms with E-state index in [0.29, 0.717) is 0 Å². The van der Waals surface area contributed by atoms with Gasteiger partial charge in [-0.1, -0.05) is 18.5 Å². The highest BCUT2D eigenvalue weighted by molar-refractivity contribution is 7.99. The Hall–Kier alpha value is -0.340. The Morgan fingerprint density at radius 1 is 1.46 bits per heavy atom. The van der Waals surface area contributed by atoms with Gasteiger partial charge in [0, 0.05) is 10.7 Å². The van der Waals surface area contributed by atoms with E-state index in [0.717, 1.165) is 34.2 Å². The predicted octanol–water partition coefficient (Wildman–Crippen LogP) is 3.22. The van der Waals surface area contributed by atoms with Crippen LogP contribution in [0.25, 0.3) is 0 Å². The first-order valence-electron chi connectivity index (χ1n) is 4.35. The van der Waals surface area contributed by atoms with Gasteiger partial charge >= 0.3 is 0 Å². The molecular formula is C10H14ClNS. The van der Waals surface area contributed by atoms with Crippen LogP contribution in [-0.2, 0) is 6.42 Å². The summed E-state index contributed by atoms with van der Waals surface area (Å²) in [5, 5.41) is 0.769. The molecule has 0 saturated heterocycles. The zero-order chi connectivity index (χ0) is 9.68. The molecule has 13 heavy (non-hydrogen) atoms. The molecule has 1 nitrogen and oxygen atoms in total. The highest BCUT2D eigenvalue weighted by atomic mass is 35.5. The van der Waals surface area contributed by atoms with Crippen LogP contribution in [0, 0.1) is 0 Å². The van der Waals surface area contributed by atoms with Crippen LogP contribution in [0.5, 0.6) is 0 Å². The number of rotatable bonds is 4. The number of benzene rings is 1. The SMILES string of the molecule is CCSCCc1cc(Cl)ccc1N. The summed E-state index contributed by atoms with van der Waals surface area (Å²) < 4.78 is 0. The van der Waals surface area contributed by atoms with Crippen LogP contribution in [0.2, 0.25) is 5.02 Å². The van der Waals surface area contributed by atoms with E-state index in [2.05, 4.69) is 6.92 Å². The molecule has 0 aromatic heterocycles. The number of thioether (sulfide) groups is 1. The van der Waals surface area contributed by atoms with Crippen LogP contribution in [0.3, 0.4) is 0 Å². The van der Waals surface area contributed by atoms with Gasteiger partial charge in [-0.05, 0) is 41.7 Å². The first kappa shape index (κ1) is 10.7. The zero-order valence-electron chi connectivity index (χ0n) is 7.72. The quantitative estimate of drug-likeness (QED) is 0.617. The standard InChI is InChI=1S/C10H14ClNS/c1-2-13-6-5-8-7-9(11)3-4-10(8)12/h3-4,7H,2,5-6,12H2,1H3. The second-order valence-corrected chi connectivity index (χ2v) is 4.62. The Morgan fingerprint density at radius 3 is 2.92 bits per heavy atom. The van der Waals surface area contributed by atoms with Gasteiger partial charge < -0.3 is 5.73 Å². The van der Waals surface area contributed by atoms with Gasteiger partial charge in [0.25, 0.3) is 0 Å². The molecule has 0 bridgehead atoms. The minimum absolute atomic E-state index is 0.769. The van der Waals surface area contributed by atoms with Gasteiger partial charge in [-0.25, -0.2) is 0 Å². The normalized spacial score (nSPS) is 10.3. The molecule has 1 rings (SSSR count). The summed E-state index contributed by atoms with van der Waals surface area (Å²) in [7, 11) is 0. The van der Waals surface area contributed by atoms with Crippen LogP contribution in [-0.4, -0.2) is 11.5 Å². The third kappa shape index (κ3) is 3.49. The lowest BCUT2D eigenvalue weighted by Gasteiger charge is -2.05. The van der Waals surface area contributed by atoms with E-state index in [1.807, 2.05) is 30.0 Å². The van der Waals surface area contributed by atoms with Gasteiger partial charge in [-0.3, -0.25) is 0 Å². The maximum Gasteiger partial charge on any atom is 0.0410 e. The average Bonchev–Trinajstić information content (AvgIpc) is 2.11. The van der Waals surface area contributed by atoms with Crippen molar-refractivity contribution in [2.24, 2.45) is 0 Å². The van der Waals surface area contributed by atoms with Crippen molar-refractivity contribution in [2.75, 3.05) is 17.2 Å². The summed E-state index contributed by atoms with van der Waals surface area (Å²) in [5.41, 5.74) is 7.81. The topological polar surface area (TPSA) is 26.0 Å². The van der Waals surface area contributed by atoms with E-state index in [-0.39, 0.29) is 0 Å². The first-order valence-corrected chi connectivity index (χ1v) is 5.89. The summed E-state index contributed by atoms with van der Waals surface area (Å²) >= 11 is 7.79. The van der Waals surface area contributed by atoms with Crippen molar-refractivity contribution >= 4 is 29.1 Å². The molecule has 0 aliphatic carbocycles. The zero-order valence-corrected chi connectivity index (χ0v) is 9.29. The van der Waals surface area contributed by atoms with Crippen molar-refractivity contribution in [2.45, 2.75) is 13.3 Å². The molecule has 0 unspecified atom stereocenters. The first-order chi connectivity index (χ1) is 6.24. The van der Waals surface area contributed by atoms with Gasteiger partial charge in [0.15, 0.2) is 0 Å². The van der Waals surface area contributed by atoms with Gasteiger partial charge in [-0.2, -0.15) is 11.8 Å². The highest BCUT2D eigenvalue weighted by Gasteiger charge is 1.99. The molecule has 0 atom stereocenters. The summed E-state index contributed by atoms with van der Waals surface area (Å²) in [6.45, 7) is 2.16. The Labute approximate surface area is 88.7 Å². The molecule has 0 aliphatic heterocycles.